The topological polar surface area (TPSA) is 90.7 Å². The van der Waals surface area contributed by atoms with E-state index in [0.29, 0.717) is 21.5 Å². The average Bonchev–Trinajstić information content (AvgIpc) is 2.64. The smallest absolute Gasteiger partial charge is 0.258 e. The van der Waals surface area contributed by atoms with Gasteiger partial charge in [0.05, 0.1) is 17.1 Å². The predicted molar refractivity (Wildman–Crippen MR) is 103 cm³/mol. The number of halogens is 2. The Kier molecular flexibility index (Phi) is 7.80. The Morgan fingerprint density at radius 1 is 1.04 bits per heavy atom. The highest BCUT2D eigenvalue weighted by Gasteiger charge is 2.07. The number of ether oxygens (including phenoxy) is 2. The van der Waals surface area contributed by atoms with Crippen LogP contribution in [0.1, 0.15) is 10.4 Å². The highest BCUT2D eigenvalue weighted by molar-refractivity contribution is 6.35. The van der Waals surface area contributed by atoms with E-state index in [9.17, 15) is 9.59 Å². The van der Waals surface area contributed by atoms with Crippen molar-refractivity contribution < 1.29 is 19.1 Å². The lowest BCUT2D eigenvalue weighted by Gasteiger charge is -2.07. The van der Waals surface area contributed by atoms with E-state index in [1.54, 1.807) is 36.4 Å². The molecule has 2 aromatic carbocycles. The van der Waals surface area contributed by atoms with E-state index in [0.717, 1.165) is 0 Å². The van der Waals surface area contributed by atoms with Crippen LogP contribution in [0.4, 0.5) is 0 Å². The van der Waals surface area contributed by atoms with Crippen LogP contribution < -0.4 is 20.5 Å². The number of nitrogens with two attached hydrogens (primary N) is 1. The average molecular weight is 407 g/mol. The van der Waals surface area contributed by atoms with Gasteiger partial charge in [-0.1, -0.05) is 47.2 Å². The fourth-order valence-electron chi connectivity index (χ4n) is 1.95. The second kappa shape index (κ2) is 10.3. The van der Waals surface area contributed by atoms with E-state index >= 15 is 0 Å². The van der Waals surface area contributed by atoms with Gasteiger partial charge >= 0.3 is 0 Å². The first-order chi connectivity index (χ1) is 13.0. The Morgan fingerprint density at radius 3 is 2.56 bits per heavy atom. The fraction of sp³-hybridized carbons (Fsp3) is 0.158. The molecule has 2 rings (SSSR count). The molecule has 0 aliphatic carbocycles. The van der Waals surface area contributed by atoms with Crippen LogP contribution in [0.2, 0.25) is 10.0 Å². The highest BCUT2D eigenvalue weighted by atomic mass is 35.5. The summed E-state index contributed by atoms with van der Waals surface area (Å²) in [7, 11) is 0. The maximum atomic E-state index is 11.7. The molecule has 0 aliphatic rings. The largest absolute Gasteiger partial charge is 0.482 e. The molecule has 0 spiro atoms. The second-order valence-electron chi connectivity index (χ2n) is 5.14. The highest BCUT2D eigenvalue weighted by Crippen LogP contribution is 2.27. The van der Waals surface area contributed by atoms with E-state index in [4.69, 9.17) is 38.4 Å². The van der Waals surface area contributed by atoms with Crippen molar-refractivity contribution in [2.24, 2.45) is 5.73 Å². The van der Waals surface area contributed by atoms with Crippen LogP contribution in [-0.2, 0) is 4.79 Å². The molecule has 27 heavy (non-hydrogen) atoms. The number of rotatable bonds is 7. The molecule has 8 heteroatoms. The van der Waals surface area contributed by atoms with Crippen molar-refractivity contribution in [3.05, 3.63) is 58.1 Å². The van der Waals surface area contributed by atoms with Gasteiger partial charge in [0.15, 0.2) is 6.61 Å². The number of carbonyl (C=O) groups is 2. The van der Waals surface area contributed by atoms with Crippen LogP contribution in [0.15, 0.2) is 42.5 Å². The van der Waals surface area contributed by atoms with Gasteiger partial charge in [-0.3, -0.25) is 9.59 Å². The molecule has 2 aromatic rings. The SMILES string of the molecule is NC(=O)c1ccccc1OCC#CCNC(=O)COc1ccc(Cl)cc1Cl. The van der Waals surface area contributed by atoms with Gasteiger partial charge in [-0.05, 0) is 30.3 Å². The van der Waals surface area contributed by atoms with Gasteiger partial charge in [0.1, 0.15) is 18.1 Å². The molecule has 0 unspecified atom stereocenters. The molecule has 0 aromatic heterocycles. The first kappa shape index (κ1) is 20.4. The summed E-state index contributed by atoms with van der Waals surface area (Å²) in [5.74, 6) is 5.25. The molecule has 0 aliphatic heterocycles. The summed E-state index contributed by atoms with van der Waals surface area (Å²) >= 11 is 11.7. The van der Waals surface area contributed by atoms with E-state index in [1.165, 1.54) is 6.07 Å². The summed E-state index contributed by atoms with van der Waals surface area (Å²) < 4.78 is 10.7. The summed E-state index contributed by atoms with van der Waals surface area (Å²) in [6, 6.07) is 11.3. The zero-order valence-corrected chi connectivity index (χ0v) is 15.6. The number of hydrogen-bond donors (Lipinski definition) is 2. The molecule has 140 valence electrons. The lowest BCUT2D eigenvalue weighted by molar-refractivity contribution is -0.122. The number of amides is 2. The van der Waals surface area contributed by atoms with Crippen LogP contribution in [0, 0.1) is 11.8 Å². The normalized spacial score (nSPS) is 9.70. The standard InChI is InChI=1S/C19H16Cl2N2O4/c20-13-7-8-17(15(21)11-13)27-12-18(24)23-9-3-4-10-26-16-6-2-1-5-14(16)19(22)25/h1-2,5-8,11H,9-10,12H2,(H2,22,25)(H,23,24). The molecule has 2 amide bonds. The third-order valence-corrected chi connectivity index (χ3v) is 3.73. The van der Waals surface area contributed by atoms with E-state index in [-0.39, 0.29) is 31.2 Å². The Labute approximate surface area is 166 Å². The number of nitrogens with one attached hydrogen (secondary N) is 1. The van der Waals surface area contributed by atoms with Crippen LogP contribution in [0.25, 0.3) is 0 Å². The number of primary amides is 1. The molecule has 0 fully saturated rings. The Morgan fingerprint density at radius 2 is 1.81 bits per heavy atom. The van der Waals surface area contributed by atoms with Gasteiger partial charge in [-0.25, -0.2) is 0 Å². The van der Waals surface area contributed by atoms with Crippen LogP contribution in [0.3, 0.4) is 0 Å². The lowest BCUT2D eigenvalue weighted by atomic mass is 10.2. The van der Waals surface area contributed by atoms with Crippen molar-refractivity contribution in [3.8, 4) is 23.3 Å². The maximum Gasteiger partial charge on any atom is 0.258 e. The van der Waals surface area contributed by atoms with Crippen molar-refractivity contribution in [1.29, 1.82) is 0 Å². The third kappa shape index (κ3) is 6.74. The van der Waals surface area contributed by atoms with Crippen molar-refractivity contribution in [2.45, 2.75) is 0 Å². The van der Waals surface area contributed by atoms with Gasteiger partial charge in [0.25, 0.3) is 11.8 Å². The lowest BCUT2D eigenvalue weighted by Crippen LogP contribution is -2.29. The van der Waals surface area contributed by atoms with Gasteiger partial charge in [-0.2, -0.15) is 0 Å². The van der Waals surface area contributed by atoms with Gasteiger partial charge in [0.2, 0.25) is 0 Å². The van der Waals surface area contributed by atoms with Crippen molar-refractivity contribution >= 4 is 35.0 Å². The summed E-state index contributed by atoms with van der Waals surface area (Å²) in [5.41, 5.74) is 5.54. The summed E-state index contributed by atoms with van der Waals surface area (Å²) in [6.07, 6.45) is 0. The first-order valence-corrected chi connectivity index (χ1v) is 8.55. The van der Waals surface area contributed by atoms with Crippen LogP contribution in [-0.4, -0.2) is 31.6 Å². The van der Waals surface area contributed by atoms with Gasteiger partial charge < -0.3 is 20.5 Å². The minimum Gasteiger partial charge on any atom is -0.482 e. The zero-order chi connectivity index (χ0) is 19.6. The molecule has 0 atom stereocenters. The molecular weight excluding hydrogens is 391 g/mol. The number of carbonyl (C=O) groups excluding carboxylic acids is 2. The van der Waals surface area contributed by atoms with E-state index < -0.39 is 5.91 Å². The first-order valence-electron chi connectivity index (χ1n) is 7.79. The van der Waals surface area contributed by atoms with E-state index in [2.05, 4.69) is 17.2 Å². The summed E-state index contributed by atoms with van der Waals surface area (Å²) in [4.78, 5) is 23.0. The van der Waals surface area contributed by atoms with Crippen molar-refractivity contribution in [1.82, 2.24) is 5.32 Å². The van der Waals surface area contributed by atoms with E-state index in [1.807, 2.05) is 0 Å². The molecule has 0 heterocycles. The number of benzene rings is 2. The van der Waals surface area contributed by atoms with Crippen LogP contribution in [0.5, 0.6) is 11.5 Å². The molecular formula is C19H16Cl2N2O4. The summed E-state index contributed by atoms with van der Waals surface area (Å²) in [5, 5.41) is 3.38. The Bertz CT molecular complexity index is 891. The van der Waals surface area contributed by atoms with Crippen molar-refractivity contribution in [3.63, 3.8) is 0 Å². The fourth-order valence-corrected chi connectivity index (χ4v) is 2.42. The number of hydrogen-bond acceptors (Lipinski definition) is 4. The quantitative estimate of drug-likeness (QED) is 0.691. The molecule has 6 nitrogen and oxygen atoms in total. The Balaban J connectivity index is 1.71. The van der Waals surface area contributed by atoms with Crippen LogP contribution >= 0.6 is 23.2 Å². The van der Waals surface area contributed by atoms with Crippen molar-refractivity contribution in [2.75, 3.05) is 19.8 Å². The maximum absolute atomic E-state index is 11.7. The third-order valence-electron chi connectivity index (χ3n) is 3.20. The molecule has 0 saturated carbocycles. The summed E-state index contributed by atoms with van der Waals surface area (Å²) in [6.45, 7) is -0.0278. The minimum atomic E-state index is -0.577. The second-order valence-corrected chi connectivity index (χ2v) is 5.99. The van der Waals surface area contributed by atoms with Gasteiger partial charge in [0, 0.05) is 5.02 Å². The molecule has 0 saturated heterocycles. The number of para-hydroxylation sites is 1. The predicted octanol–water partition coefficient (Wildman–Crippen LogP) is 2.67. The molecule has 0 radical (unpaired) electrons. The molecule has 0 bridgehead atoms. The van der Waals surface area contributed by atoms with Gasteiger partial charge in [-0.15, -0.1) is 0 Å². The zero-order valence-electron chi connectivity index (χ0n) is 14.1. The monoisotopic (exact) mass is 406 g/mol. The molecule has 3 N–H and O–H groups in total. The Hall–Kier alpha value is -2.88. The minimum absolute atomic E-state index is 0.0526.